The Hall–Kier alpha value is -2.42. The van der Waals surface area contributed by atoms with Gasteiger partial charge >= 0.3 is 0 Å². The van der Waals surface area contributed by atoms with Gasteiger partial charge in [0, 0.05) is 22.6 Å². The number of nitrogens with one attached hydrogen (secondary N) is 3. The van der Waals surface area contributed by atoms with Crippen LogP contribution in [0, 0.1) is 0 Å². The molecule has 0 bridgehead atoms. The predicted molar refractivity (Wildman–Crippen MR) is 121 cm³/mol. The number of halogens is 1. The summed E-state index contributed by atoms with van der Waals surface area (Å²) in [4.78, 5) is 39.9. The molecular weight excluding hydrogens is 424 g/mol. The number of fused-ring (bicyclic) bond motifs is 1. The lowest BCUT2D eigenvalue weighted by Gasteiger charge is -2.16. The van der Waals surface area contributed by atoms with Crippen LogP contribution in [-0.2, 0) is 22.4 Å². The normalized spacial score (nSPS) is 12.9. The number of aryl methyl sites for hydroxylation is 1. The van der Waals surface area contributed by atoms with Crippen LogP contribution in [0.25, 0.3) is 0 Å². The van der Waals surface area contributed by atoms with E-state index in [-0.39, 0.29) is 30.8 Å². The molecule has 0 saturated heterocycles. The summed E-state index contributed by atoms with van der Waals surface area (Å²) in [5.74, 6) is -0.675. The second kappa shape index (κ2) is 10.1. The van der Waals surface area contributed by atoms with Crippen molar-refractivity contribution in [2.75, 3.05) is 37.8 Å². The van der Waals surface area contributed by atoms with Crippen molar-refractivity contribution in [3.63, 3.8) is 0 Å². The molecule has 0 aliphatic heterocycles. The molecule has 0 saturated carbocycles. The fourth-order valence-corrected chi connectivity index (χ4v) is 4.84. The Labute approximate surface area is 184 Å². The molecule has 3 rings (SSSR count). The second-order valence-electron chi connectivity index (χ2n) is 7.27. The van der Waals surface area contributed by atoms with Gasteiger partial charge in [0.15, 0.2) is 0 Å². The van der Waals surface area contributed by atoms with E-state index >= 15 is 0 Å². The minimum absolute atomic E-state index is 0.0498. The van der Waals surface area contributed by atoms with Crippen molar-refractivity contribution in [3.8, 4) is 0 Å². The fourth-order valence-electron chi connectivity index (χ4n) is 3.41. The molecule has 0 spiro atoms. The van der Waals surface area contributed by atoms with Crippen LogP contribution in [0.5, 0.6) is 0 Å². The van der Waals surface area contributed by atoms with Crippen LogP contribution in [0.2, 0.25) is 5.02 Å². The standard InChI is InChI=1S/C21H25ClN4O3S/c1-23-17(27)11-26(2)12-18(28)25-21-19(15-5-3-4-6-16(15)30-21)20(29)24-14-9-7-13(22)8-10-14/h7-10H,3-6,11-12H2,1-2H3,(H,23,27)(H,24,29)(H,25,28). The van der Waals surface area contributed by atoms with E-state index in [1.54, 1.807) is 43.3 Å². The van der Waals surface area contributed by atoms with Gasteiger partial charge in [0.2, 0.25) is 11.8 Å². The maximum Gasteiger partial charge on any atom is 0.258 e. The van der Waals surface area contributed by atoms with Gasteiger partial charge in [-0.2, -0.15) is 0 Å². The third-order valence-electron chi connectivity index (χ3n) is 4.86. The van der Waals surface area contributed by atoms with Gasteiger partial charge in [0.05, 0.1) is 18.7 Å². The van der Waals surface area contributed by atoms with Gasteiger partial charge in [0.1, 0.15) is 5.00 Å². The van der Waals surface area contributed by atoms with Gasteiger partial charge in [-0.15, -0.1) is 11.3 Å². The highest BCUT2D eigenvalue weighted by atomic mass is 35.5. The zero-order valence-corrected chi connectivity index (χ0v) is 18.6. The van der Waals surface area contributed by atoms with E-state index in [0.29, 0.717) is 21.3 Å². The first-order valence-electron chi connectivity index (χ1n) is 9.77. The Morgan fingerprint density at radius 1 is 1.03 bits per heavy atom. The Bertz CT molecular complexity index is 942. The van der Waals surface area contributed by atoms with Crippen molar-refractivity contribution >= 4 is 51.3 Å². The number of hydrogen-bond donors (Lipinski definition) is 3. The summed E-state index contributed by atoms with van der Waals surface area (Å²) >= 11 is 7.39. The highest BCUT2D eigenvalue weighted by molar-refractivity contribution is 7.17. The largest absolute Gasteiger partial charge is 0.358 e. The van der Waals surface area contributed by atoms with Crippen molar-refractivity contribution < 1.29 is 14.4 Å². The quantitative estimate of drug-likeness (QED) is 0.606. The summed E-state index contributed by atoms with van der Waals surface area (Å²) in [6, 6.07) is 6.91. The topological polar surface area (TPSA) is 90.5 Å². The predicted octanol–water partition coefficient (Wildman–Crippen LogP) is 3.15. The number of nitrogens with zero attached hydrogens (tertiary/aromatic N) is 1. The molecule has 0 atom stereocenters. The van der Waals surface area contributed by atoms with Gasteiger partial charge in [0.25, 0.3) is 5.91 Å². The maximum absolute atomic E-state index is 13.1. The van der Waals surface area contributed by atoms with E-state index in [9.17, 15) is 14.4 Å². The number of likely N-dealkylation sites (N-methyl/N-ethyl adjacent to an activating group) is 2. The van der Waals surface area contributed by atoms with Crippen LogP contribution in [-0.4, -0.2) is 49.8 Å². The van der Waals surface area contributed by atoms with Crippen molar-refractivity contribution in [3.05, 3.63) is 45.3 Å². The molecule has 1 aliphatic rings. The van der Waals surface area contributed by atoms with Crippen LogP contribution in [0.15, 0.2) is 24.3 Å². The van der Waals surface area contributed by atoms with Crippen LogP contribution < -0.4 is 16.0 Å². The Balaban J connectivity index is 1.78. The highest BCUT2D eigenvalue weighted by Crippen LogP contribution is 2.38. The minimum Gasteiger partial charge on any atom is -0.358 e. The number of rotatable bonds is 7. The van der Waals surface area contributed by atoms with Crippen molar-refractivity contribution in [2.45, 2.75) is 25.7 Å². The SMILES string of the molecule is CNC(=O)CN(C)CC(=O)Nc1sc2c(c1C(=O)Nc1ccc(Cl)cc1)CCCC2. The monoisotopic (exact) mass is 448 g/mol. The summed E-state index contributed by atoms with van der Waals surface area (Å²) in [6.07, 6.45) is 3.83. The molecule has 1 aromatic carbocycles. The molecule has 160 valence electrons. The summed E-state index contributed by atoms with van der Waals surface area (Å²) in [7, 11) is 3.25. The first-order valence-corrected chi connectivity index (χ1v) is 11.0. The maximum atomic E-state index is 13.1. The highest BCUT2D eigenvalue weighted by Gasteiger charge is 2.26. The lowest BCUT2D eigenvalue weighted by Crippen LogP contribution is -2.37. The fraction of sp³-hybridized carbons (Fsp3) is 0.381. The van der Waals surface area contributed by atoms with E-state index in [4.69, 9.17) is 11.6 Å². The molecule has 7 nitrogen and oxygen atoms in total. The minimum atomic E-state index is -0.263. The zero-order valence-electron chi connectivity index (χ0n) is 17.0. The average Bonchev–Trinajstić information content (AvgIpc) is 3.07. The van der Waals surface area contributed by atoms with Crippen molar-refractivity contribution in [2.24, 2.45) is 0 Å². The first-order chi connectivity index (χ1) is 14.4. The van der Waals surface area contributed by atoms with E-state index in [1.807, 2.05) is 0 Å². The molecular formula is C21H25ClN4O3S. The summed E-state index contributed by atoms with van der Waals surface area (Å²) in [5, 5.41) is 9.48. The number of hydrogen-bond acceptors (Lipinski definition) is 5. The Morgan fingerprint density at radius 2 is 1.70 bits per heavy atom. The zero-order chi connectivity index (χ0) is 21.7. The van der Waals surface area contributed by atoms with Crippen LogP contribution in [0.3, 0.4) is 0 Å². The first kappa shape index (κ1) is 22.3. The Morgan fingerprint density at radius 3 is 2.40 bits per heavy atom. The molecule has 1 aliphatic carbocycles. The lowest BCUT2D eigenvalue weighted by molar-refractivity contribution is -0.122. The van der Waals surface area contributed by atoms with E-state index in [2.05, 4.69) is 16.0 Å². The van der Waals surface area contributed by atoms with Gasteiger partial charge in [-0.3, -0.25) is 19.3 Å². The molecule has 3 amide bonds. The van der Waals surface area contributed by atoms with Crippen LogP contribution in [0.1, 0.15) is 33.6 Å². The van der Waals surface area contributed by atoms with E-state index in [1.165, 1.54) is 11.3 Å². The van der Waals surface area contributed by atoms with Gasteiger partial charge in [-0.25, -0.2) is 0 Å². The number of anilines is 2. The van der Waals surface area contributed by atoms with Crippen LogP contribution in [0.4, 0.5) is 10.7 Å². The molecule has 0 radical (unpaired) electrons. The molecule has 0 unspecified atom stereocenters. The number of carbonyl (C=O) groups is 3. The molecule has 1 aromatic heterocycles. The number of thiophene rings is 1. The molecule has 9 heteroatoms. The van der Waals surface area contributed by atoms with Gasteiger partial charge in [-0.1, -0.05) is 11.6 Å². The lowest BCUT2D eigenvalue weighted by atomic mass is 9.95. The van der Waals surface area contributed by atoms with Gasteiger partial charge in [-0.05, 0) is 62.6 Å². The summed E-state index contributed by atoms with van der Waals surface area (Å²) in [6.45, 7) is 0.170. The van der Waals surface area contributed by atoms with E-state index in [0.717, 1.165) is 36.1 Å². The van der Waals surface area contributed by atoms with Crippen molar-refractivity contribution in [1.82, 2.24) is 10.2 Å². The molecule has 30 heavy (non-hydrogen) atoms. The summed E-state index contributed by atoms with van der Waals surface area (Å²) < 4.78 is 0. The smallest absolute Gasteiger partial charge is 0.258 e. The number of carbonyl (C=O) groups excluding carboxylic acids is 3. The number of amides is 3. The number of benzene rings is 1. The third kappa shape index (κ3) is 5.59. The molecule has 2 aromatic rings. The van der Waals surface area contributed by atoms with Gasteiger partial charge < -0.3 is 16.0 Å². The van der Waals surface area contributed by atoms with Crippen LogP contribution >= 0.6 is 22.9 Å². The third-order valence-corrected chi connectivity index (χ3v) is 6.32. The van der Waals surface area contributed by atoms with Crippen molar-refractivity contribution in [1.29, 1.82) is 0 Å². The summed E-state index contributed by atoms with van der Waals surface area (Å²) in [5.41, 5.74) is 2.20. The van der Waals surface area contributed by atoms with E-state index < -0.39 is 0 Å². The molecule has 1 heterocycles. The molecule has 0 fully saturated rings. The Kier molecular flexibility index (Phi) is 7.47. The second-order valence-corrected chi connectivity index (χ2v) is 8.81. The molecule has 3 N–H and O–H groups in total. The average molecular weight is 449 g/mol.